The lowest BCUT2D eigenvalue weighted by Crippen LogP contribution is -3.00. The van der Waals surface area contributed by atoms with Gasteiger partial charge in [0, 0.05) is 0 Å². The normalized spacial score (nSPS) is 22.2. The van der Waals surface area contributed by atoms with Crippen LogP contribution in [0.25, 0.3) is 0 Å². The molecule has 1 rings (SSSR count). The number of nitrogens with zero attached hydrogens (tertiary/aromatic N) is 1. The molecule has 0 aromatic rings. The molecule has 0 bridgehead atoms. The van der Waals surface area contributed by atoms with Crippen LogP contribution in [0.1, 0.15) is 77.0 Å². The molecular formula is C16H34ClN. The van der Waals surface area contributed by atoms with Crippen molar-refractivity contribution >= 4 is 0 Å². The zero-order valence-electron chi connectivity index (χ0n) is 12.9. The van der Waals surface area contributed by atoms with Crippen molar-refractivity contribution in [1.82, 2.24) is 0 Å². The molecule has 1 aliphatic rings. The lowest BCUT2D eigenvalue weighted by Gasteiger charge is -2.34. The lowest BCUT2D eigenvalue weighted by molar-refractivity contribution is -0.896. The summed E-state index contributed by atoms with van der Waals surface area (Å²) in [6.07, 6.45) is 17.6. The minimum absolute atomic E-state index is 0. The maximum Gasteiger partial charge on any atom is 0.0884 e. The summed E-state index contributed by atoms with van der Waals surface area (Å²) >= 11 is 0. The summed E-state index contributed by atoms with van der Waals surface area (Å²) in [5.74, 6) is 0. The van der Waals surface area contributed by atoms with Crippen LogP contribution in [0.3, 0.4) is 0 Å². The van der Waals surface area contributed by atoms with Gasteiger partial charge in [-0.25, -0.2) is 0 Å². The van der Waals surface area contributed by atoms with E-state index >= 15 is 0 Å². The second kappa shape index (κ2) is 10.1. The molecule has 0 aromatic heterocycles. The van der Waals surface area contributed by atoms with Gasteiger partial charge in [0.1, 0.15) is 0 Å². The average molecular weight is 276 g/mol. The van der Waals surface area contributed by atoms with E-state index in [-0.39, 0.29) is 12.4 Å². The third-order valence-corrected chi connectivity index (χ3v) is 4.42. The minimum Gasteiger partial charge on any atom is -1.00 e. The molecule has 0 amide bonds. The molecule has 0 atom stereocenters. The van der Waals surface area contributed by atoms with E-state index < -0.39 is 0 Å². The van der Waals surface area contributed by atoms with E-state index in [4.69, 9.17) is 0 Å². The van der Waals surface area contributed by atoms with Crippen LogP contribution in [0.5, 0.6) is 0 Å². The van der Waals surface area contributed by atoms with E-state index in [0.29, 0.717) is 0 Å². The Bertz CT molecular complexity index is 172. The number of hydrogen-bond donors (Lipinski definition) is 0. The summed E-state index contributed by atoms with van der Waals surface area (Å²) < 4.78 is 1.17. The highest BCUT2D eigenvalue weighted by molar-refractivity contribution is 4.61. The van der Waals surface area contributed by atoms with E-state index in [1.54, 1.807) is 0 Å². The van der Waals surface area contributed by atoms with Gasteiger partial charge in [0.2, 0.25) is 0 Å². The molecule has 0 N–H and O–H groups in total. The Morgan fingerprint density at radius 3 is 1.11 bits per heavy atom. The summed E-state index contributed by atoms with van der Waals surface area (Å²) in [7, 11) is 7.13. The molecule has 2 heteroatoms. The fraction of sp³-hybridized carbons (Fsp3) is 1.00. The van der Waals surface area contributed by atoms with Crippen LogP contribution in [0.15, 0.2) is 0 Å². The predicted molar refractivity (Wildman–Crippen MR) is 77.2 cm³/mol. The van der Waals surface area contributed by atoms with Crippen molar-refractivity contribution in [1.29, 1.82) is 0 Å². The SMILES string of the molecule is C[N+](C)(C)C1CCCCCCCCCCCC1.[Cl-]. The van der Waals surface area contributed by atoms with Crippen molar-refractivity contribution in [2.75, 3.05) is 21.1 Å². The molecule has 18 heavy (non-hydrogen) atoms. The topological polar surface area (TPSA) is 0 Å². The molecule has 1 nitrogen and oxygen atoms in total. The van der Waals surface area contributed by atoms with Crippen LogP contribution in [-0.2, 0) is 0 Å². The molecule has 0 radical (unpaired) electrons. The van der Waals surface area contributed by atoms with Gasteiger partial charge in [-0.15, -0.1) is 0 Å². The molecule has 1 fully saturated rings. The van der Waals surface area contributed by atoms with E-state index in [2.05, 4.69) is 21.1 Å². The third kappa shape index (κ3) is 8.37. The number of quaternary nitrogens is 1. The van der Waals surface area contributed by atoms with E-state index in [0.717, 1.165) is 6.04 Å². The molecular weight excluding hydrogens is 242 g/mol. The Hall–Kier alpha value is 0.250. The third-order valence-electron chi connectivity index (χ3n) is 4.42. The van der Waals surface area contributed by atoms with Gasteiger partial charge in [0.25, 0.3) is 0 Å². The van der Waals surface area contributed by atoms with Crippen LogP contribution < -0.4 is 12.4 Å². The van der Waals surface area contributed by atoms with Crippen molar-refractivity contribution in [2.45, 2.75) is 83.1 Å². The Morgan fingerprint density at radius 1 is 0.556 bits per heavy atom. The quantitative estimate of drug-likeness (QED) is 0.640. The largest absolute Gasteiger partial charge is 1.00 e. The maximum atomic E-state index is 2.38. The van der Waals surface area contributed by atoms with Gasteiger partial charge in [-0.1, -0.05) is 51.4 Å². The zero-order chi connectivity index (χ0) is 12.6. The summed E-state index contributed by atoms with van der Waals surface area (Å²) in [6.45, 7) is 0. The maximum absolute atomic E-state index is 2.38. The van der Waals surface area contributed by atoms with Crippen LogP contribution in [0, 0.1) is 0 Å². The van der Waals surface area contributed by atoms with Gasteiger partial charge in [-0.3, -0.25) is 0 Å². The van der Waals surface area contributed by atoms with Crippen molar-refractivity contribution < 1.29 is 16.9 Å². The highest BCUT2D eigenvalue weighted by Gasteiger charge is 2.22. The van der Waals surface area contributed by atoms with Crippen LogP contribution in [-0.4, -0.2) is 31.7 Å². The van der Waals surface area contributed by atoms with Gasteiger partial charge in [0.15, 0.2) is 0 Å². The summed E-state index contributed by atoms with van der Waals surface area (Å²) in [4.78, 5) is 0. The Morgan fingerprint density at radius 2 is 0.833 bits per heavy atom. The van der Waals surface area contributed by atoms with E-state index in [1.807, 2.05) is 0 Å². The molecule has 0 aromatic carbocycles. The minimum atomic E-state index is 0. The first-order chi connectivity index (χ1) is 8.11. The Kier molecular flexibility index (Phi) is 10.2. The highest BCUT2D eigenvalue weighted by atomic mass is 35.5. The average Bonchev–Trinajstić information content (AvgIpc) is 2.27. The monoisotopic (exact) mass is 275 g/mol. The molecule has 0 unspecified atom stereocenters. The smallest absolute Gasteiger partial charge is 0.0884 e. The Balaban J connectivity index is 0.00000289. The summed E-state index contributed by atoms with van der Waals surface area (Å²) in [5.41, 5.74) is 0. The standard InChI is InChI=1S/C16H34N.ClH/c1-17(2,3)16-14-12-10-8-6-4-5-7-9-11-13-15-16;/h16H,4-15H2,1-3H3;1H/q+1;/p-1. The molecule has 110 valence electrons. The van der Waals surface area contributed by atoms with Crippen LogP contribution in [0.2, 0.25) is 0 Å². The first-order valence-electron chi connectivity index (χ1n) is 7.92. The van der Waals surface area contributed by atoms with Crippen molar-refractivity contribution in [2.24, 2.45) is 0 Å². The van der Waals surface area contributed by atoms with Crippen LogP contribution in [0.4, 0.5) is 0 Å². The second-order valence-electron chi connectivity index (χ2n) is 6.88. The molecule has 1 saturated carbocycles. The van der Waals surface area contributed by atoms with Gasteiger partial charge < -0.3 is 16.9 Å². The molecule has 0 aliphatic heterocycles. The first kappa shape index (κ1) is 18.2. The lowest BCUT2D eigenvalue weighted by atomic mass is 9.99. The van der Waals surface area contributed by atoms with E-state index in [1.165, 1.54) is 81.5 Å². The fourth-order valence-corrected chi connectivity index (χ4v) is 3.09. The predicted octanol–water partition coefficient (Wildman–Crippen LogP) is 1.76. The fourth-order valence-electron chi connectivity index (χ4n) is 3.09. The molecule has 1 aliphatic carbocycles. The molecule has 0 saturated heterocycles. The van der Waals surface area contributed by atoms with Crippen molar-refractivity contribution in [3.8, 4) is 0 Å². The number of hydrogen-bond acceptors (Lipinski definition) is 0. The van der Waals surface area contributed by atoms with Gasteiger partial charge in [-0.05, 0) is 25.7 Å². The zero-order valence-corrected chi connectivity index (χ0v) is 13.6. The van der Waals surface area contributed by atoms with E-state index in [9.17, 15) is 0 Å². The van der Waals surface area contributed by atoms with Gasteiger partial charge in [-0.2, -0.15) is 0 Å². The van der Waals surface area contributed by atoms with Gasteiger partial charge >= 0.3 is 0 Å². The van der Waals surface area contributed by atoms with Crippen molar-refractivity contribution in [3.05, 3.63) is 0 Å². The van der Waals surface area contributed by atoms with Crippen molar-refractivity contribution in [3.63, 3.8) is 0 Å². The number of halogens is 1. The number of rotatable bonds is 1. The second-order valence-corrected chi connectivity index (χ2v) is 6.88. The summed E-state index contributed by atoms with van der Waals surface area (Å²) in [5, 5.41) is 0. The highest BCUT2D eigenvalue weighted by Crippen LogP contribution is 2.21. The first-order valence-corrected chi connectivity index (χ1v) is 7.92. The molecule has 0 heterocycles. The van der Waals surface area contributed by atoms with Crippen LogP contribution >= 0.6 is 0 Å². The summed E-state index contributed by atoms with van der Waals surface area (Å²) in [6, 6.07) is 0.899. The van der Waals surface area contributed by atoms with Gasteiger partial charge in [0.05, 0.1) is 27.2 Å². The molecule has 0 spiro atoms. The Labute approximate surface area is 121 Å².